The Hall–Kier alpha value is -2.40. The molecule has 0 aliphatic rings. The molecule has 0 fully saturated rings. The minimum atomic E-state index is -0.436. The van der Waals surface area contributed by atoms with Crippen LogP contribution >= 0.6 is 0 Å². The van der Waals surface area contributed by atoms with Crippen LogP contribution in [0.2, 0.25) is 0 Å². The highest BCUT2D eigenvalue weighted by atomic mass is 16.3. The molecule has 1 unspecified atom stereocenters. The Morgan fingerprint density at radius 2 is 2.00 bits per heavy atom. The van der Waals surface area contributed by atoms with Crippen molar-refractivity contribution in [3.63, 3.8) is 0 Å². The van der Waals surface area contributed by atoms with Crippen molar-refractivity contribution in [1.29, 1.82) is 0 Å². The molecule has 1 atom stereocenters. The minimum absolute atomic E-state index is 0.158. The maximum atomic E-state index is 12.0. The quantitative estimate of drug-likeness (QED) is 0.794. The Bertz CT molecular complexity index is 626. The summed E-state index contributed by atoms with van der Waals surface area (Å²) in [6, 6.07) is 10.6. The standard InChI is InChI=1S/C17H21N3O2/c1-3-13-4-6-14(7-5-13)16(11-21)20-17(22)19-15-8-9-18-12(2)10-15/h4-10,16,21H,3,11H2,1-2H3,(H2,18,19,20,22). The first-order valence-electron chi connectivity index (χ1n) is 7.32. The fourth-order valence-corrected chi connectivity index (χ4v) is 2.17. The smallest absolute Gasteiger partial charge is 0.319 e. The second kappa shape index (κ2) is 7.56. The van der Waals surface area contributed by atoms with Gasteiger partial charge in [-0.3, -0.25) is 4.98 Å². The number of hydrogen-bond donors (Lipinski definition) is 3. The van der Waals surface area contributed by atoms with Gasteiger partial charge in [-0.2, -0.15) is 0 Å². The number of nitrogens with zero attached hydrogens (tertiary/aromatic N) is 1. The minimum Gasteiger partial charge on any atom is -0.394 e. The number of carbonyl (C=O) groups is 1. The molecule has 2 amide bonds. The van der Waals surface area contributed by atoms with Crippen molar-refractivity contribution in [3.05, 3.63) is 59.4 Å². The molecule has 116 valence electrons. The van der Waals surface area contributed by atoms with Crippen molar-refractivity contribution in [2.75, 3.05) is 11.9 Å². The monoisotopic (exact) mass is 299 g/mol. The molecular weight excluding hydrogens is 278 g/mol. The molecule has 3 N–H and O–H groups in total. The molecule has 1 heterocycles. The third-order valence-electron chi connectivity index (χ3n) is 3.43. The number of hydrogen-bond acceptors (Lipinski definition) is 3. The summed E-state index contributed by atoms with van der Waals surface area (Å²) < 4.78 is 0. The highest BCUT2D eigenvalue weighted by Gasteiger charge is 2.13. The molecule has 2 rings (SSSR count). The molecule has 0 aliphatic carbocycles. The van der Waals surface area contributed by atoms with Crippen LogP contribution < -0.4 is 10.6 Å². The normalized spacial score (nSPS) is 11.8. The predicted octanol–water partition coefficient (Wildman–Crippen LogP) is 2.81. The number of aryl methyl sites for hydroxylation is 2. The fraction of sp³-hybridized carbons (Fsp3) is 0.294. The number of nitrogens with one attached hydrogen (secondary N) is 2. The second-order valence-corrected chi connectivity index (χ2v) is 5.11. The van der Waals surface area contributed by atoms with Crippen LogP contribution in [0.1, 0.15) is 29.8 Å². The Morgan fingerprint density at radius 1 is 1.27 bits per heavy atom. The molecule has 22 heavy (non-hydrogen) atoms. The van der Waals surface area contributed by atoms with Gasteiger partial charge in [0, 0.05) is 17.6 Å². The lowest BCUT2D eigenvalue weighted by atomic mass is 10.0. The van der Waals surface area contributed by atoms with E-state index in [9.17, 15) is 9.90 Å². The third-order valence-corrected chi connectivity index (χ3v) is 3.43. The van der Waals surface area contributed by atoms with Crippen LogP contribution in [0.25, 0.3) is 0 Å². The van der Waals surface area contributed by atoms with Gasteiger partial charge in [0.2, 0.25) is 0 Å². The Morgan fingerprint density at radius 3 is 2.59 bits per heavy atom. The van der Waals surface area contributed by atoms with Crippen molar-refractivity contribution in [2.45, 2.75) is 26.3 Å². The van der Waals surface area contributed by atoms with Gasteiger partial charge in [-0.15, -0.1) is 0 Å². The van der Waals surface area contributed by atoms with E-state index in [0.29, 0.717) is 5.69 Å². The molecule has 0 radical (unpaired) electrons. The lowest BCUT2D eigenvalue weighted by molar-refractivity contribution is 0.225. The maximum Gasteiger partial charge on any atom is 0.319 e. The highest BCUT2D eigenvalue weighted by molar-refractivity contribution is 5.89. The van der Waals surface area contributed by atoms with Crippen LogP contribution in [0.3, 0.4) is 0 Å². The Labute approximate surface area is 130 Å². The largest absolute Gasteiger partial charge is 0.394 e. The zero-order valence-electron chi connectivity index (χ0n) is 12.8. The lowest BCUT2D eigenvalue weighted by Gasteiger charge is -2.17. The van der Waals surface area contributed by atoms with E-state index in [1.165, 1.54) is 5.56 Å². The molecule has 5 nitrogen and oxygen atoms in total. The lowest BCUT2D eigenvalue weighted by Crippen LogP contribution is -2.34. The van der Waals surface area contributed by atoms with Crippen LogP contribution in [0, 0.1) is 6.92 Å². The topological polar surface area (TPSA) is 74.2 Å². The van der Waals surface area contributed by atoms with Crippen molar-refractivity contribution < 1.29 is 9.90 Å². The number of amides is 2. The van der Waals surface area contributed by atoms with E-state index in [1.54, 1.807) is 18.3 Å². The number of aliphatic hydroxyl groups is 1. The van der Waals surface area contributed by atoms with E-state index >= 15 is 0 Å². The summed E-state index contributed by atoms with van der Waals surface area (Å²) in [4.78, 5) is 16.1. The van der Waals surface area contributed by atoms with Gasteiger partial charge in [-0.1, -0.05) is 31.2 Å². The van der Waals surface area contributed by atoms with Gasteiger partial charge in [0.15, 0.2) is 0 Å². The molecule has 5 heteroatoms. The zero-order valence-corrected chi connectivity index (χ0v) is 12.8. The van der Waals surface area contributed by atoms with Crippen molar-refractivity contribution in [1.82, 2.24) is 10.3 Å². The summed E-state index contributed by atoms with van der Waals surface area (Å²) in [5, 5.41) is 15.0. The van der Waals surface area contributed by atoms with Gasteiger partial charge in [-0.05, 0) is 36.6 Å². The number of benzene rings is 1. The Balaban J connectivity index is 2.01. The molecule has 2 aromatic rings. The van der Waals surface area contributed by atoms with Crippen LogP contribution in [-0.2, 0) is 6.42 Å². The number of urea groups is 1. The van der Waals surface area contributed by atoms with Gasteiger partial charge in [-0.25, -0.2) is 4.79 Å². The number of rotatable bonds is 5. The number of pyridine rings is 1. The first kappa shape index (κ1) is 16.0. The molecule has 0 bridgehead atoms. The summed E-state index contributed by atoms with van der Waals surface area (Å²) >= 11 is 0. The van der Waals surface area contributed by atoms with Crippen LogP contribution in [-0.4, -0.2) is 22.7 Å². The summed E-state index contributed by atoms with van der Waals surface area (Å²) in [7, 11) is 0. The van der Waals surface area contributed by atoms with Crippen LogP contribution in [0.4, 0.5) is 10.5 Å². The number of carbonyl (C=O) groups excluding carboxylic acids is 1. The summed E-state index contributed by atoms with van der Waals surface area (Å²) in [5.41, 5.74) is 3.59. The van der Waals surface area contributed by atoms with Gasteiger partial charge < -0.3 is 15.7 Å². The molecule has 0 spiro atoms. The van der Waals surface area contributed by atoms with Gasteiger partial charge in [0.05, 0.1) is 12.6 Å². The summed E-state index contributed by atoms with van der Waals surface area (Å²) in [6.45, 7) is 3.78. The third kappa shape index (κ3) is 4.30. The van der Waals surface area contributed by atoms with Gasteiger partial charge in [0.1, 0.15) is 0 Å². The van der Waals surface area contributed by atoms with Gasteiger partial charge in [0.25, 0.3) is 0 Å². The van der Waals surface area contributed by atoms with Crippen LogP contribution in [0.5, 0.6) is 0 Å². The average molecular weight is 299 g/mol. The second-order valence-electron chi connectivity index (χ2n) is 5.11. The van der Waals surface area contributed by atoms with E-state index in [0.717, 1.165) is 17.7 Å². The molecular formula is C17H21N3O2. The van der Waals surface area contributed by atoms with Crippen molar-refractivity contribution >= 4 is 11.7 Å². The molecule has 0 saturated carbocycles. The SMILES string of the molecule is CCc1ccc(C(CO)NC(=O)Nc2ccnc(C)c2)cc1. The van der Waals surface area contributed by atoms with E-state index in [1.807, 2.05) is 31.2 Å². The predicted molar refractivity (Wildman–Crippen MR) is 86.8 cm³/mol. The van der Waals surface area contributed by atoms with Gasteiger partial charge >= 0.3 is 6.03 Å². The molecule has 0 aliphatic heterocycles. The van der Waals surface area contributed by atoms with Crippen molar-refractivity contribution in [2.24, 2.45) is 0 Å². The maximum absolute atomic E-state index is 12.0. The first-order valence-corrected chi connectivity index (χ1v) is 7.32. The van der Waals surface area contributed by atoms with Crippen LogP contribution in [0.15, 0.2) is 42.6 Å². The number of aliphatic hydroxyl groups excluding tert-OH is 1. The Kier molecular flexibility index (Phi) is 5.49. The zero-order chi connectivity index (χ0) is 15.9. The summed E-state index contributed by atoms with van der Waals surface area (Å²) in [5.74, 6) is 0. The van der Waals surface area contributed by atoms with Crippen molar-refractivity contribution in [3.8, 4) is 0 Å². The average Bonchev–Trinajstić information content (AvgIpc) is 2.53. The van der Waals surface area contributed by atoms with E-state index in [-0.39, 0.29) is 12.6 Å². The van der Waals surface area contributed by atoms with E-state index in [4.69, 9.17) is 0 Å². The first-order chi connectivity index (χ1) is 10.6. The fourth-order valence-electron chi connectivity index (χ4n) is 2.17. The van der Waals surface area contributed by atoms with E-state index < -0.39 is 6.04 Å². The number of aromatic nitrogens is 1. The van der Waals surface area contributed by atoms with E-state index in [2.05, 4.69) is 22.5 Å². The molecule has 1 aromatic heterocycles. The molecule has 0 saturated heterocycles. The highest BCUT2D eigenvalue weighted by Crippen LogP contribution is 2.15. The molecule has 1 aromatic carbocycles. The summed E-state index contributed by atoms with van der Waals surface area (Å²) in [6.07, 6.45) is 2.59. The number of anilines is 1.